The predicted octanol–water partition coefficient (Wildman–Crippen LogP) is 0.414. The number of benzene rings is 1. The van der Waals surface area contributed by atoms with Gasteiger partial charge >= 0.3 is 0 Å². The lowest BCUT2D eigenvalue weighted by Gasteiger charge is -2.31. The van der Waals surface area contributed by atoms with Gasteiger partial charge in [0.15, 0.2) is 5.82 Å². The van der Waals surface area contributed by atoms with Crippen LogP contribution in [-0.4, -0.2) is 59.2 Å². The van der Waals surface area contributed by atoms with Gasteiger partial charge in [0.1, 0.15) is 11.9 Å². The van der Waals surface area contributed by atoms with Crippen LogP contribution in [0.4, 0.5) is 5.82 Å². The van der Waals surface area contributed by atoms with Crippen molar-refractivity contribution in [1.29, 1.82) is 0 Å². The van der Waals surface area contributed by atoms with Gasteiger partial charge in [-0.1, -0.05) is 30.3 Å². The highest BCUT2D eigenvalue weighted by atomic mass is 16.3. The Morgan fingerprint density at radius 3 is 2.68 bits per heavy atom. The van der Waals surface area contributed by atoms with Crippen molar-refractivity contribution in [2.75, 3.05) is 32.1 Å². The number of nitrogens with two attached hydrogens (primary N) is 1. The van der Waals surface area contributed by atoms with E-state index in [1.165, 1.54) is 0 Å². The number of hydrogen-bond donors (Lipinski definition) is 2. The molecule has 7 nitrogen and oxygen atoms in total. The quantitative estimate of drug-likeness (QED) is 0.836. The summed E-state index contributed by atoms with van der Waals surface area (Å²) in [6, 6.07) is 8.90. The van der Waals surface area contributed by atoms with Crippen LogP contribution < -0.4 is 10.6 Å². The number of aromatic nitrogens is 2. The molecule has 1 aromatic carbocycles. The van der Waals surface area contributed by atoms with Crippen LogP contribution in [0.25, 0.3) is 11.4 Å². The van der Waals surface area contributed by atoms with E-state index >= 15 is 0 Å². The van der Waals surface area contributed by atoms with E-state index in [0.717, 1.165) is 22.6 Å². The largest absolute Gasteiger partial charge is 0.394 e. The van der Waals surface area contributed by atoms with Crippen molar-refractivity contribution in [3.63, 3.8) is 0 Å². The van der Waals surface area contributed by atoms with Gasteiger partial charge in [0.05, 0.1) is 18.8 Å². The van der Waals surface area contributed by atoms with Gasteiger partial charge < -0.3 is 20.6 Å². The average molecular weight is 341 g/mol. The summed E-state index contributed by atoms with van der Waals surface area (Å²) in [5.74, 6) is 1.27. The molecule has 3 rings (SSSR count). The van der Waals surface area contributed by atoms with Crippen molar-refractivity contribution < 1.29 is 9.90 Å². The van der Waals surface area contributed by atoms with Crippen LogP contribution in [0.3, 0.4) is 0 Å². The smallest absolute Gasteiger partial charge is 0.242 e. The van der Waals surface area contributed by atoms with E-state index in [-0.39, 0.29) is 12.5 Å². The molecule has 3 N–H and O–H groups in total. The second-order valence-electron chi connectivity index (χ2n) is 6.36. The highest BCUT2D eigenvalue weighted by Gasteiger charge is 2.28. The van der Waals surface area contributed by atoms with E-state index in [1.807, 2.05) is 49.3 Å². The zero-order valence-corrected chi connectivity index (χ0v) is 14.5. The number of hydrogen-bond acceptors (Lipinski definition) is 6. The Labute approximate surface area is 147 Å². The minimum atomic E-state index is -0.884. The van der Waals surface area contributed by atoms with Crippen LogP contribution in [0.1, 0.15) is 11.3 Å². The van der Waals surface area contributed by atoms with E-state index in [0.29, 0.717) is 25.3 Å². The van der Waals surface area contributed by atoms with Crippen LogP contribution in [-0.2, 0) is 17.8 Å². The van der Waals surface area contributed by atoms with Crippen molar-refractivity contribution in [1.82, 2.24) is 14.9 Å². The number of amides is 1. The first-order chi connectivity index (χ1) is 12.0. The van der Waals surface area contributed by atoms with Crippen molar-refractivity contribution >= 4 is 11.7 Å². The first kappa shape index (κ1) is 17.3. The number of fused-ring (bicyclic) bond motifs is 1. The third-order valence-electron chi connectivity index (χ3n) is 4.32. The van der Waals surface area contributed by atoms with Crippen molar-refractivity contribution in [2.24, 2.45) is 5.73 Å². The SMILES string of the molecule is CN(C)c1nc(-c2ccccc2)nc2c1CCN(C(=O)[C@H](N)CO)C2. The molecule has 2 aromatic rings. The molecule has 2 heterocycles. The van der Waals surface area contributed by atoms with Crippen LogP contribution in [0.5, 0.6) is 0 Å². The Morgan fingerprint density at radius 2 is 2.04 bits per heavy atom. The average Bonchev–Trinajstić information content (AvgIpc) is 2.65. The van der Waals surface area contributed by atoms with Crippen LogP contribution in [0.2, 0.25) is 0 Å². The third-order valence-corrected chi connectivity index (χ3v) is 4.32. The first-order valence-corrected chi connectivity index (χ1v) is 8.29. The number of carbonyl (C=O) groups excluding carboxylic acids is 1. The highest BCUT2D eigenvalue weighted by molar-refractivity contribution is 5.82. The van der Waals surface area contributed by atoms with Gasteiger partial charge in [0.2, 0.25) is 5.91 Å². The molecule has 0 unspecified atom stereocenters. The maximum Gasteiger partial charge on any atom is 0.242 e. The van der Waals surface area contributed by atoms with Crippen LogP contribution >= 0.6 is 0 Å². The summed E-state index contributed by atoms with van der Waals surface area (Å²) in [6.07, 6.45) is 0.668. The lowest BCUT2D eigenvalue weighted by Crippen LogP contribution is -2.47. The molecule has 1 aromatic heterocycles. The molecule has 1 aliphatic heterocycles. The van der Waals surface area contributed by atoms with Gasteiger partial charge in [0.25, 0.3) is 0 Å². The zero-order chi connectivity index (χ0) is 18.0. The standard InChI is InChI=1S/C18H23N5O2/c1-22(2)17-13-8-9-23(18(25)14(19)11-24)10-15(13)20-16(21-17)12-6-4-3-5-7-12/h3-7,14,24H,8-11,19H2,1-2H3/t14-/m1/s1. The molecule has 25 heavy (non-hydrogen) atoms. The fraction of sp³-hybridized carbons (Fsp3) is 0.389. The summed E-state index contributed by atoms with van der Waals surface area (Å²) in [4.78, 5) is 25.4. The van der Waals surface area contributed by atoms with Gasteiger partial charge in [-0.05, 0) is 6.42 Å². The van der Waals surface area contributed by atoms with Crippen molar-refractivity contribution in [2.45, 2.75) is 19.0 Å². The molecule has 1 atom stereocenters. The maximum absolute atomic E-state index is 12.3. The molecule has 0 aliphatic carbocycles. The van der Waals surface area contributed by atoms with Gasteiger partial charge in [-0.15, -0.1) is 0 Å². The second-order valence-corrected chi connectivity index (χ2v) is 6.36. The molecule has 7 heteroatoms. The van der Waals surface area contributed by atoms with Crippen molar-refractivity contribution in [3.8, 4) is 11.4 Å². The molecular formula is C18H23N5O2. The Balaban J connectivity index is 2.00. The summed E-state index contributed by atoms with van der Waals surface area (Å²) in [7, 11) is 3.91. The fourth-order valence-electron chi connectivity index (χ4n) is 3.00. The molecule has 0 saturated carbocycles. The van der Waals surface area contributed by atoms with E-state index in [2.05, 4.69) is 0 Å². The number of aliphatic hydroxyl groups is 1. The predicted molar refractivity (Wildman–Crippen MR) is 96.0 cm³/mol. The van der Waals surface area contributed by atoms with E-state index in [4.69, 9.17) is 20.8 Å². The zero-order valence-electron chi connectivity index (χ0n) is 14.5. The minimum Gasteiger partial charge on any atom is -0.394 e. The Morgan fingerprint density at radius 1 is 1.32 bits per heavy atom. The molecule has 1 aliphatic rings. The third kappa shape index (κ3) is 3.47. The molecular weight excluding hydrogens is 318 g/mol. The molecule has 0 spiro atoms. The first-order valence-electron chi connectivity index (χ1n) is 8.29. The molecule has 0 bridgehead atoms. The Bertz CT molecular complexity index is 764. The molecule has 0 fully saturated rings. The number of anilines is 1. The van der Waals surface area contributed by atoms with Crippen molar-refractivity contribution in [3.05, 3.63) is 41.6 Å². The lowest BCUT2D eigenvalue weighted by molar-refractivity contribution is -0.134. The normalized spacial score (nSPS) is 14.8. The topological polar surface area (TPSA) is 95.6 Å². The summed E-state index contributed by atoms with van der Waals surface area (Å²) in [6.45, 7) is 0.573. The summed E-state index contributed by atoms with van der Waals surface area (Å²) < 4.78 is 0. The van der Waals surface area contributed by atoms with E-state index < -0.39 is 6.04 Å². The Hall–Kier alpha value is -2.51. The number of rotatable bonds is 4. The fourth-order valence-corrected chi connectivity index (χ4v) is 3.00. The number of nitrogens with zero attached hydrogens (tertiary/aromatic N) is 4. The highest BCUT2D eigenvalue weighted by Crippen LogP contribution is 2.28. The minimum absolute atomic E-state index is 0.251. The molecule has 1 amide bonds. The number of carbonyl (C=O) groups is 1. The second kappa shape index (κ2) is 7.16. The van der Waals surface area contributed by atoms with Crippen LogP contribution in [0.15, 0.2) is 30.3 Å². The summed E-state index contributed by atoms with van der Waals surface area (Å²) in [5.41, 5.74) is 8.52. The van der Waals surface area contributed by atoms with Gasteiger partial charge in [-0.3, -0.25) is 4.79 Å². The van der Waals surface area contributed by atoms with Gasteiger partial charge in [0, 0.05) is 31.8 Å². The summed E-state index contributed by atoms with van der Waals surface area (Å²) >= 11 is 0. The van der Waals surface area contributed by atoms with E-state index in [1.54, 1.807) is 4.90 Å². The molecule has 0 saturated heterocycles. The Kier molecular flexibility index (Phi) is 4.96. The molecule has 0 radical (unpaired) electrons. The van der Waals surface area contributed by atoms with Gasteiger partial charge in [-0.25, -0.2) is 9.97 Å². The molecule has 132 valence electrons. The van der Waals surface area contributed by atoms with Crippen LogP contribution in [0, 0.1) is 0 Å². The summed E-state index contributed by atoms with van der Waals surface area (Å²) in [5, 5.41) is 9.14. The maximum atomic E-state index is 12.3. The lowest BCUT2D eigenvalue weighted by atomic mass is 10.0. The van der Waals surface area contributed by atoms with E-state index in [9.17, 15) is 4.79 Å². The monoisotopic (exact) mass is 341 g/mol. The number of aliphatic hydroxyl groups excluding tert-OH is 1. The van der Waals surface area contributed by atoms with Gasteiger partial charge in [-0.2, -0.15) is 0 Å².